The Kier molecular flexibility index (Phi) is 5.36. The van der Waals surface area contributed by atoms with E-state index in [0.717, 1.165) is 0 Å². The molecule has 0 aliphatic carbocycles. The molecule has 1 aliphatic heterocycles. The molecule has 7 nitrogen and oxygen atoms in total. The van der Waals surface area contributed by atoms with Crippen LogP contribution in [0.3, 0.4) is 0 Å². The summed E-state index contributed by atoms with van der Waals surface area (Å²) in [5.41, 5.74) is 0. The van der Waals surface area contributed by atoms with Crippen LogP contribution in [0.5, 0.6) is 0 Å². The Morgan fingerprint density at radius 1 is 1.56 bits per heavy atom. The number of carbonyl (C=O) groups excluding carboxylic acids is 1. The molecule has 1 saturated heterocycles. The van der Waals surface area contributed by atoms with Crippen molar-refractivity contribution in [3.63, 3.8) is 0 Å². The highest BCUT2D eigenvalue weighted by Crippen LogP contribution is 2.12. The normalized spacial score (nSPS) is 25.6. The molecule has 18 heavy (non-hydrogen) atoms. The second-order valence-corrected chi connectivity index (χ2v) is 4.39. The lowest BCUT2D eigenvalue weighted by Gasteiger charge is -2.37. The summed E-state index contributed by atoms with van der Waals surface area (Å²) in [6, 6.07) is -1.46. The van der Waals surface area contributed by atoms with Gasteiger partial charge in [-0.15, -0.1) is 0 Å². The van der Waals surface area contributed by atoms with E-state index in [4.69, 9.17) is 14.9 Å². The van der Waals surface area contributed by atoms with Crippen LogP contribution in [-0.2, 0) is 9.53 Å². The maximum Gasteiger partial charge on any atom is 0.326 e. The molecule has 104 valence electrons. The van der Waals surface area contributed by atoms with Gasteiger partial charge in [0.05, 0.1) is 31.9 Å². The zero-order valence-corrected chi connectivity index (χ0v) is 10.6. The van der Waals surface area contributed by atoms with E-state index in [1.54, 1.807) is 6.92 Å². The van der Waals surface area contributed by atoms with E-state index in [2.05, 4.69) is 5.32 Å². The van der Waals surface area contributed by atoms with E-state index in [-0.39, 0.29) is 19.2 Å². The van der Waals surface area contributed by atoms with E-state index in [1.165, 1.54) is 4.90 Å². The van der Waals surface area contributed by atoms with Gasteiger partial charge in [0.15, 0.2) is 0 Å². The van der Waals surface area contributed by atoms with Crippen molar-refractivity contribution in [1.82, 2.24) is 10.2 Å². The van der Waals surface area contributed by atoms with Gasteiger partial charge in [-0.2, -0.15) is 0 Å². The summed E-state index contributed by atoms with van der Waals surface area (Å²) < 4.78 is 5.31. The first-order chi connectivity index (χ1) is 8.49. The van der Waals surface area contributed by atoms with Gasteiger partial charge < -0.3 is 25.2 Å². The average molecular weight is 260 g/mol. The topological polar surface area (TPSA) is 99.1 Å². The molecule has 3 N–H and O–H groups in total. The fraction of sp³-hybridized carbons (Fsp3) is 0.818. The van der Waals surface area contributed by atoms with Gasteiger partial charge in [-0.3, -0.25) is 0 Å². The fourth-order valence-electron chi connectivity index (χ4n) is 1.78. The van der Waals surface area contributed by atoms with E-state index >= 15 is 0 Å². The molecule has 7 heteroatoms. The molecule has 0 spiro atoms. The summed E-state index contributed by atoms with van der Waals surface area (Å²) in [4.78, 5) is 24.3. The number of carbonyl (C=O) groups is 2. The number of nitrogens with zero attached hydrogens (tertiary/aromatic N) is 1. The molecule has 1 heterocycles. The number of aliphatic carboxylic acids is 1. The second-order valence-electron chi connectivity index (χ2n) is 4.39. The number of rotatable bonds is 4. The van der Waals surface area contributed by atoms with Crippen molar-refractivity contribution < 1.29 is 24.5 Å². The molecule has 0 radical (unpaired) electrons. The van der Waals surface area contributed by atoms with Gasteiger partial charge in [-0.1, -0.05) is 6.92 Å². The molecule has 1 fully saturated rings. The van der Waals surface area contributed by atoms with Crippen LogP contribution in [0.1, 0.15) is 20.3 Å². The van der Waals surface area contributed by atoms with Crippen molar-refractivity contribution in [3.05, 3.63) is 0 Å². The summed E-state index contributed by atoms with van der Waals surface area (Å²) in [5.74, 6) is -1.05. The molecule has 0 aromatic heterocycles. The first-order valence-corrected chi connectivity index (χ1v) is 6.02. The van der Waals surface area contributed by atoms with Crippen LogP contribution >= 0.6 is 0 Å². The average Bonchev–Trinajstić information content (AvgIpc) is 2.35. The number of ether oxygens (including phenoxy) is 1. The summed E-state index contributed by atoms with van der Waals surface area (Å²) in [5, 5.41) is 20.4. The highest BCUT2D eigenvalue weighted by molar-refractivity contribution is 5.82. The van der Waals surface area contributed by atoms with E-state index < -0.39 is 24.1 Å². The quantitative estimate of drug-likeness (QED) is 0.641. The van der Waals surface area contributed by atoms with Crippen molar-refractivity contribution in [3.8, 4) is 0 Å². The van der Waals surface area contributed by atoms with Crippen molar-refractivity contribution in [1.29, 1.82) is 0 Å². The lowest BCUT2D eigenvalue weighted by molar-refractivity contribution is -0.139. The molecule has 0 saturated carbocycles. The van der Waals surface area contributed by atoms with Crippen LogP contribution in [0.15, 0.2) is 0 Å². The molecule has 2 amide bonds. The van der Waals surface area contributed by atoms with E-state index in [9.17, 15) is 9.59 Å². The number of nitrogens with one attached hydrogen (secondary N) is 1. The molecule has 0 aromatic rings. The van der Waals surface area contributed by atoms with Gasteiger partial charge in [-0.05, 0) is 13.3 Å². The van der Waals surface area contributed by atoms with Gasteiger partial charge in [0.2, 0.25) is 0 Å². The Bertz CT molecular complexity index is 310. The monoisotopic (exact) mass is 260 g/mol. The van der Waals surface area contributed by atoms with Gasteiger partial charge in [0.25, 0.3) is 0 Å². The van der Waals surface area contributed by atoms with Crippen LogP contribution in [0.25, 0.3) is 0 Å². The molecule has 0 bridgehead atoms. The van der Waals surface area contributed by atoms with Crippen molar-refractivity contribution >= 4 is 12.0 Å². The number of hydrogen-bond acceptors (Lipinski definition) is 4. The van der Waals surface area contributed by atoms with E-state index in [0.29, 0.717) is 13.0 Å². The van der Waals surface area contributed by atoms with Crippen molar-refractivity contribution in [2.24, 2.45) is 0 Å². The summed E-state index contributed by atoms with van der Waals surface area (Å²) in [6.07, 6.45) is -0.0830. The number of amides is 2. The van der Waals surface area contributed by atoms with Gasteiger partial charge in [-0.25, -0.2) is 9.59 Å². The van der Waals surface area contributed by atoms with Gasteiger partial charge in [0.1, 0.15) is 6.04 Å². The Balaban J connectivity index is 2.61. The Morgan fingerprint density at radius 3 is 2.72 bits per heavy atom. The number of urea groups is 1. The van der Waals surface area contributed by atoms with Crippen LogP contribution < -0.4 is 5.32 Å². The maximum absolute atomic E-state index is 12.0. The number of aliphatic hydroxyl groups is 1. The number of morpholine rings is 1. The Morgan fingerprint density at radius 2 is 2.22 bits per heavy atom. The maximum atomic E-state index is 12.0. The Hall–Kier alpha value is -1.34. The molecular formula is C11H20N2O5. The summed E-state index contributed by atoms with van der Waals surface area (Å²) in [6.45, 7) is 3.95. The third-order valence-electron chi connectivity index (χ3n) is 2.97. The largest absolute Gasteiger partial charge is 0.480 e. The van der Waals surface area contributed by atoms with E-state index in [1.807, 2.05) is 6.92 Å². The number of carboxylic acids is 1. The van der Waals surface area contributed by atoms with Crippen LogP contribution in [0.2, 0.25) is 0 Å². The standard InChI is InChI=1S/C11H20N2O5/c1-3-9(10(15)16)12-11(17)13-4-8(5-14)18-6-7(13)2/h7-9,14H,3-6H2,1-2H3,(H,12,17)(H,15,16)/t7?,8?,9-/m1/s1. The first-order valence-electron chi connectivity index (χ1n) is 6.02. The highest BCUT2D eigenvalue weighted by atomic mass is 16.5. The number of carboxylic acid groups (broad SMARTS) is 1. The fourth-order valence-corrected chi connectivity index (χ4v) is 1.78. The minimum Gasteiger partial charge on any atom is -0.480 e. The highest BCUT2D eigenvalue weighted by Gasteiger charge is 2.31. The zero-order chi connectivity index (χ0) is 13.7. The molecule has 1 rings (SSSR count). The predicted molar refractivity (Wildman–Crippen MR) is 63.2 cm³/mol. The van der Waals surface area contributed by atoms with Gasteiger partial charge >= 0.3 is 12.0 Å². The molecule has 3 atom stereocenters. The minimum atomic E-state index is -1.05. The summed E-state index contributed by atoms with van der Waals surface area (Å²) >= 11 is 0. The lowest BCUT2D eigenvalue weighted by atomic mass is 10.2. The molecule has 1 aliphatic rings. The molecular weight excluding hydrogens is 240 g/mol. The van der Waals surface area contributed by atoms with Crippen LogP contribution in [0, 0.1) is 0 Å². The lowest BCUT2D eigenvalue weighted by Crippen LogP contribution is -2.57. The number of hydrogen-bond donors (Lipinski definition) is 3. The Labute approximate surface area is 106 Å². The third kappa shape index (κ3) is 3.58. The number of aliphatic hydroxyl groups excluding tert-OH is 1. The SMILES string of the molecule is CC[C@@H](NC(=O)N1CC(CO)OCC1C)C(=O)O. The van der Waals surface area contributed by atoms with Crippen molar-refractivity contribution in [2.45, 2.75) is 38.5 Å². The predicted octanol–water partition coefficient (Wildman–Crippen LogP) is -0.359. The second kappa shape index (κ2) is 6.55. The van der Waals surface area contributed by atoms with Crippen LogP contribution in [0.4, 0.5) is 4.79 Å². The first kappa shape index (κ1) is 14.7. The third-order valence-corrected chi connectivity index (χ3v) is 2.97. The molecule has 0 aromatic carbocycles. The summed E-state index contributed by atoms with van der Waals surface area (Å²) in [7, 11) is 0. The van der Waals surface area contributed by atoms with Gasteiger partial charge in [0, 0.05) is 0 Å². The molecule has 2 unspecified atom stereocenters. The van der Waals surface area contributed by atoms with Crippen molar-refractivity contribution in [2.75, 3.05) is 19.8 Å². The minimum absolute atomic E-state index is 0.140. The zero-order valence-electron chi connectivity index (χ0n) is 10.6. The van der Waals surface area contributed by atoms with Crippen LogP contribution in [-0.4, -0.2) is 65.1 Å². The smallest absolute Gasteiger partial charge is 0.326 e.